The van der Waals surface area contributed by atoms with E-state index in [1.807, 2.05) is 0 Å². The SMILES string of the molecule is CN(C)C(=O)[C@H](CC(=O)O)N(C)C. The van der Waals surface area contributed by atoms with Crippen molar-refractivity contribution in [2.24, 2.45) is 0 Å². The molecule has 0 saturated heterocycles. The molecule has 0 saturated carbocycles. The van der Waals surface area contributed by atoms with Crippen LogP contribution in [0.1, 0.15) is 6.42 Å². The van der Waals surface area contributed by atoms with Crippen molar-refractivity contribution >= 4 is 11.9 Å². The van der Waals surface area contributed by atoms with E-state index >= 15 is 0 Å². The lowest BCUT2D eigenvalue weighted by Gasteiger charge is -2.24. The van der Waals surface area contributed by atoms with Gasteiger partial charge in [-0.05, 0) is 14.1 Å². The molecule has 0 heterocycles. The van der Waals surface area contributed by atoms with Crippen LogP contribution >= 0.6 is 0 Å². The molecule has 0 aromatic rings. The van der Waals surface area contributed by atoms with Crippen LogP contribution in [0.25, 0.3) is 0 Å². The Morgan fingerprint density at radius 3 is 1.92 bits per heavy atom. The van der Waals surface area contributed by atoms with E-state index in [2.05, 4.69) is 0 Å². The van der Waals surface area contributed by atoms with Crippen molar-refractivity contribution < 1.29 is 14.7 Å². The molecule has 1 amide bonds. The van der Waals surface area contributed by atoms with Gasteiger partial charge in [0.2, 0.25) is 5.91 Å². The van der Waals surface area contributed by atoms with Gasteiger partial charge in [-0.15, -0.1) is 0 Å². The maximum atomic E-state index is 11.4. The quantitative estimate of drug-likeness (QED) is 0.645. The molecule has 0 bridgehead atoms. The Kier molecular flexibility index (Phi) is 4.40. The first kappa shape index (κ1) is 11.9. The summed E-state index contributed by atoms with van der Waals surface area (Å²) in [6.07, 6.45) is -0.163. The van der Waals surface area contributed by atoms with E-state index in [1.165, 1.54) is 4.90 Å². The highest BCUT2D eigenvalue weighted by atomic mass is 16.4. The maximum absolute atomic E-state index is 11.4. The third kappa shape index (κ3) is 3.89. The molecule has 0 radical (unpaired) electrons. The van der Waals surface area contributed by atoms with Crippen LogP contribution in [0, 0.1) is 0 Å². The van der Waals surface area contributed by atoms with Gasteiger partial charge in [0.05, 0.1) is 12.5 Å². The van der Waals surface area contributed by atoms with Crippen molar-refractivity contribution in [2.75, 3.05) is 28.2 Å². The van der Waals surface area contributed by atoms with Crippen LogP contribution in [-0.2, 0) is 9.59 Å². The van der Waals surface area contributed by atoms with E-state index in [1.54, 1.807) is 33.1 Å². The lowest BCUT2D eigenvalue weighted by atomic mass is 10.1. The number of hydrogen-bond acceptors (Lipinski definition) is 3. The summed E-state index contributed by atoms with van der Waals surface area (Å²) in [5.74, 6) is -1.15. The molecular weight excluding hydrogens is 172 g/mol. The fourth-order valence-corrected chi connectivity index (χ4v) is 0.954. The molecule has 0 unspecified atom stereocenters. The highest BCUT2D eigenvalue weighted by Gasteiger charge is 2.24. The van der Waals surface area contributed by atoms with Gasteiger partial charge in [0.15, 0.2) is 0 Å². The number of aliphatic carboxylic acids is 1. The van der Waals surface area contributed by atoms with Crippen LogP contribution in [-0.4, -0.2) is 61.0 Å². The Balaban J connectivity index is 4.42. The number of likely N-dealkylation sites (N-methyl/N-ethyl adjacent to an activating group) is 2. The third-order valence-electron chi connectivity index (χ3n) is 1.72. The topological polar surface area (TPSA) is 60.9 Å². The third-order valence-corrected chi connectivity index (χ3v) is 1.72. The largest absolute Gasteiger partial charge is 0.481 e. The van der Waals surface area contributed by atoms with Crippen molar-refractivity contribution in [2.45, 2.75) is 12.5 Å². The lowest BCUT2D eigenvalue weighted by molar-refractivity contribution is -0.143. The van der Waals surface area contributed by atoms with Gasteiger partial charge in [-0.2, -0.15) is 0 Å². The van der Waals surface area contributed by atoms with Gasteiger partial charge in [0, 0.05) is 14.1 Å². The second-order valence-corrected chi connectivity index (χ2v) is 3.31. The molecule has 5 nitrogen and oxygen atoms in total. The van der Waals surface area contributed by atoms with E-state index in [4.69, 9.17) is 5.11 Å². The molecule has 0 fully saturated rings. The van der Waals surface area contributed by atoms with E-state index in [0.29, 0.717) is 0 Å². The first-order chi connectivity index (χ1) is 5.86. The minimum atomic E-state index is -0.964. The average Bonchev–Trinajstić information content (AvgIpc) is 1.97. The van der Waals surface area contributed by atoms with E-state index in [0.717, 1.165) is 0 Å². The second-order valence-electron chi connectivity index (χ2n) is 3.31. The van der Waals surface area contributed by atoms with Crippen molar-refractivity contribution in [3.8, 4) is 0 Å². The Hall–Kier alpha value is -1.10. The smallest absolute Gasteiger partial charge is 0.305 e. The molecule has 0 aliphatic rings. The summed E-state index contributed by atoms with van der Waals surface area (Å²) in [6.45, 7) is 0. The Morgan fingerprint density at radius 2 is 1.69 bits per heavy atom. The number of carbonyl (C=O) groups is 2. The van der Waals surface area contributed by atoms with Crippen LogP contribution in [0.15, 0.2) is 0 Å². The number of nitrogens with zero attached hydrogens (tertiary/aromatic N) is 2. The minimum Gasteiger partial charge on any atom is -0.481 e. The standard InChI is InChI=1S/C8H16N2O3/c1-9(2)6(5-7(11)12)8(13)10(3)4/h6H,5H2,1-4H3,(H,11,12)/t6-/m0/s1. The van der Waals surface area contributed by atoms with Gasteiger partial charge in [0.25, 0.3) is 0 Å². The molecule has 0 spiro atoms. The van der Waals surface area contributed by atoms with Crippen molar-refractivity contribution in [3.05, 3.63) is 0 Å². The van der Waals surface area contributed by atoms with Gasteiger partial charge in [-0.25, -0.2) is 0 Å². The predicted molar refractivity (Wildman–Crippen MR) is 48.4 cm³/mol. The van der Waals surface area contributed by atoms with Gasteiger partial charge in [0.1, 0.15) is 0 Å². The van der Waals surface area contributed by atoms with Crippen molar-refractivity contribution in [1.29, 1.82) is 0 Å². The first-order valence-corrected chi connectivity index (χ1v) is 3.95. The van der Waals surface area contributed by atoms with Crippen LogP contribution in [0.4, 0.5) is 0 Å². The number of rotatable bonds is 4. The second kappa shape index (κ2) is 4.81. The number of amides is 1. The number of hydrogen-bond donors (Lipinski definition) is 1. The molecule has 0 aliphatic heterocycles. The summed E-state index contributed by atoms with van der Waals surface area (Å²) < 4.78 is 0. The fraction of sp³-hybridized carbons (Fsp3) is 0.750. The highest BCUT2D eigenvalue weighted by Crippen LogP contribution is 2.02. The zero-order valence-corrected chi connectivity index (χ0v) is 8.44. The minimum absolute atomic E-state index is 0.163. The molecule has 76 valence electrons. The van der Waals surface area contributed by atoms with Gasteiger partial charge < -0.3 is 10.0 Å². The van der Waals surface area contributed by atoms with Crippen molar-refractivity contribution in [1.82, 2.24) is 9.80 Å². The van der Waals surface area contributed by atoms with Crippen LogP contribution < -0.4 is 0 Å². The summed E-state index contributed by atoms with van der Waals surface area (Å²) in [4.78, 5) is 24.9. The Morgan fingerprint density at radius 1 is 1.23 bits per heavy atom. The molecule has 0 rings (SSSR count). The Labute approximate surface area is 77.9 Å². The summed E-state index contributed by atoms with van der Waals surface area (Å²) in [5.41, 5.74) is 0. The predicted octanol–water partition coefficient (Wildman–Crippen LogP) is -0.520. The lowest BCUT2D eigenvalue weighted by Crippen LogP contribution is -2.44. The monoisotopic (exact) mass is 188 g/mol. The molecule has 1 atom stereocenters. The molecule has 0 aliphatic carbocycles. The van der Waals surface area contributed by atoms with Gasteiger partial charge in [-0.3, -0.25) is 14.5 Å². The van der Waals surface area contributed by atoms with Crippen molar-refractivity contribution in [3.63, 3.8) is 0 Å². The molecule has 0 aromatic heterocycles. The Bertz CT molecular complexity index is 202. The molecule has 5 heteroatoms. The number of carboxylic acid groups (broad SMARTS) is 1. The van der Waals surface area contributed by atoms with E-state index in [-0.39, 0.29) is 12.3 Å². The van der Waals surface area contributed by atoms with E-state index in [9.17, 15) is 9.59 Å². The first-order valence-electron chi connectivity index (χ1n) is 3.95. The summed E-state index contributed by atoms with van der Waals surface area (Å²) in [7, 11) is 6.60. The number of carboxylic acids is 1. The highest BCUT2D eigenvalue weighted by molar-refractivity contribution is 5.85. The molecular formula is C8H16N2O3. The van der Waals surface area contributed by atoms with Crippen LogP contribution in [0.2, 0.25) is 0 Å². The van der Waals surface area contributed by atoms with Gasteiger partial charge in [-0.1, -0.05) is 0 Å². The molecule has 0 aromatic carbocycles. The summed E-state index contributed by atoms with van der Waals surface area (Å²) >= 11 is 0. The van der Waals surface area contributed by atoms with Crippen LogP contribution in [0.3, 0.4) is 0 Å². The van der Waals surface area contributed by atoms with Gasteiger partial charge >= 0.3 is 5.97 Å². The molecule has 13 heavy (non-hydrogen) atoms. The van der Waals surface area contributed by atoms with E-state index < -0.39 is 12.0 Å². The zero-order valence-electron chi connectivity index (χ0n) is 8.44. The summed E-state index contributed by atoms with van der Waals surface area (Å²) in [6, 6.07) is -0.576. The maximum Gasteiger partial charge on any atom is 0.305 e. The summed E-state index contributed by atoms with van der Waals surface area (Å²) in [5, 5.41) is 8.57. The van der Waals surface area contributed by atoms with Crippen LogP contribution in [0.5, 0.6) is 0 Å². The average molecular weight is 188 g/mol. The normalized spacial score (nSPS) is 12.7. The fourth-order valence-electron chi connectivity index (χ4n) is 0.954. The molecule has 1 N–H and O–H groups in total. The number of carbonyl (C=O) groups excluding carboxylic acids is 1. The zero-order chi connectivity index (χ0) is 10.6.